The number of carbonyl (C=O) groups is 2. The second kappa shape index (κ2) is 5.49. The van der Waals surface area contributed by atoms with Crippen LogP contribution in [-0.4, -0.2) is 17.0 Å². The molecule has 2 N–H and O–H groups in total. The summed E-state index contributed by atoms with van der Waals surface area (Å²) in [5.41, 5.74) is -0.494. The van der Waals surface area contributed by atoms with E-state index in [0.29, 0.717) is 4.88 Å². The zero-order valence-electron chi connectivity index (χ0n) is 9.53. The van der Waals surface area contributed by atoms with E-state index in [9.17, 15) is 14.4 Å². The van der Waals surface area contributed by atoms with Gasteiger partial charge in [0.2, 0.25) is 0 Å². The molecule has 0 saturated carbocycles. The number of aliphatic carboxylic acids is 1. The average molecular weight is 279 g/mol. The van der Waals surface area contributed by atoms with Crippen molar-refractivity contribution >= 4 is 23.2 Å². The maximum atomic E-state index is 11.8. The van der Waals surface area contributed by atoms with Crippen molar-refractivity contribution in [3.05, 3.63) is 56.8 Å². The van der Waals surface area contributed by atoms with Crippen molar-refractivity contribution in [2.45, 2.75) is 6.04 Å². The molecule has 0 aromatic carbocycles. The average Bonchev–Trinajstić information content (AvgIpc) is 2.89. The smallest absolute Gasteiger partial charge is 0.335 e. The number of hydrogen-bond donors (Lipinski definition) is 2. The van der Waals surface area contributed by atoms with Crippen LogP contribution in [0.5, 0.6) is 0 Å². The third-order valence-corrected chi connectivity index (χ3v) is 3.25. The molecule has 2 aromatic rings. The summed E-state index contributed by atoms with van der Waals surface area (Å²) in [4.78, 5) is 34.3. The van der Waals surface area contributed by atoms with Crippen molar-refractivity contribution in [2.24, 2.45) is 0 Å². The van der Waals surface area contributed by atoms with Gasteiger partial charge in [-0.25, -0.2) is 9.59 Å². The molecule has 0 radical (unpaired) electrons. The van der Waals surface area contributed by atoms with Crippen molar-refractivity contribution in [3.63, 3.8) is 0 Å². The van der Waals surface area contributed by atoms with Crippen LogP contribution in [0.2, 0.25) is 0 Å². The van der Waals surface area contributed by atoms with Crippen molar-refractivity contribution in [2.75, 3.05) is 0 Å². The Hall–Kier alpha value is -2.41. The molecule has 0 aliphatic rings. The fraction of sp³-hybridized carbons (Fsp3) is 0.0833. The monoisotopic (exact) mass is 279 g/mol. The van der Waals surface area contributed by atoms with Gasteiger partial charge < -0.3 is 14.8 Å². The van der Waals surface area contributed by atoms with Crippen LogP contribution in [-0.2, 0) is 4.79 Å². The first-order chi connectivity index (χ1) is 9.08. The van der Waals surface area contributed by atoms with Gasteiger partial charge in [0, 0.05) is 10.9 Å². The van der Waals surface area contributed by atoms with Gasteiger partial charge in [-0.05, 0) is 17.5 Å². The Morgan fingerprint density at radius 1 is 1.32 bits per heavy atom. The minimum Gasteiger partial charge on any atom is -0.479 e. The molecule has 0 bridgehead atoms. The zero-order chi connectivity index (χ0) is 13.8. The second-order valence-corrected chi connectivity index (χ2v) is 4.58. The molecule has 19 heavy (non-hydrogen) atoms. The fourth-order valence-electron chi connectivity index (χ4n) is 1.41. The van der Waals surface area contributed by atoms with Crippen LogP contribution in [0, 0.1) is 0 Å². The summed E-state index contributed by atoms with van der Waals surface area (Å²) in [6.07, 6.45) is 0.991. The molecule has 1 amide bonds. The molecule has 6 nitrogen and oxygen atoms in total. The van der Waals surface area contributed by atoms with Gasteiger partial charge in [0.15, 0.2) is 6.04 Å². The summed E-state index contributed by atoms with van der Waals surface area (Å²) < 4.78 is 4.55. The van der Waals surface area contributed by atoms with Gasteiger partial charge in [-0.1, -0.05) is 6.07 Å². The predicted molar refractivity (Wildman–Crippen MR) is 67.1 cm³/mol. The number of nitrogens with one attached hydrogen (secondary N) is 1. The normalized spacial score (nSPS) is 11.8. The van der Waals surface area contributed by atoms with Crippen LogP contribution >= 0.6 is 11.3 Å². The highest BCUT2D eigenvalue weighted by Gasteiger charge is 2.23. The van der Waals surface area contributed by atoms with E-state index in [-0.39, 0.29) is 5.56 Å². The molecule has 1 atom stereocenters. The van der Waals surface area contributed by atoms with E-state index in [1.165, 1.54) is 17.4 Å². The molecule has 0 aliphatic heterocycles. The van der Waals surface area contributed by atoms with E-state index in [0.717, 1.165) is 12.3 Å². The summed E-state index contributed by atoms with van der Waals surface area (Å²) in [6.45, 7) is 0. The third kappa shape index (κ3) is 3.08. The van der Waals surface area contributed by atoms with Crippen LogP contribution < -0.4 is 10.9 Å². The molecule has 7 heteroatoms. The summed E-state index contributed by atoms with van der Waals surface area (Å²) in [6, 6.07) is 4.56. The molecule has 0 fully saturated rings. The second-order valence-electron chi connectivity index (χ2n) is 3.60. The number of hydrogen-bond acceptors (Lipinski definition) is 5. The summed E-state index contributed by atoms with van der Waals surface area (Å²) in [5, 5.41) is 13.2. The van der Waals surface area contributed by atoms with Crippen LogP contribution in [0.15, 0.2) is 45.1 Å². The summed E-state index contributed by atoms with van der Waals surface area (Å²) in [5.74, 6) is -1.78. The number of carboxylic acids is 1. The zero-order valence-corrected chi connectivity index (χ0v) is 10.3. The largest absolute Gasteiger partial charge is 0.479 e. The Morgan fingerprint density at radius 2 is 2.11 bits per heavy atom. The van der Waals surface area contributed by atoms with Crippen LogP contribution in [0.1, 0.15) is 21.3 Å². The Morgan fingerprint density at radius 3 is 2.63 bits per heavy atom. The fourth-order valence-corrected chi connectivity index (χ4v) is 2.18. The third-order valence-electron chi connectivity index (χ3n) is 2.31. The lowest BCUT2D eigenvalue weighted by Crippen LogP contribution is -2.33. The van der Waals surface area contributed by atoms with Gasteiger partial charge in [0.25, 0.3) is 5.91 Å². The van der Waals surface area contributed by atoms with Gasteiger partial charge in [0.05, 0.1) is 5.56 Å². The van der Waals surface area contributed by atoms with Crippen molar-refractivity contribution < 1.29 is 19.1 Å². The minimum atomic E-state index is -1.16. The van der Waals surface area contributed by atoms with Gasteiger partial charge in [-0.15, -0.1) is 11.3 Å². The van der Waals surface area contributed by atoms with E-state index in [2.05, 4.69) is 9.73 Å². The van der Waals surface area contributed by atoms with Crippen LogP contribution in [0.3, 0.4) is 0 Å². The van der Waals surface area contributed by atoms with Crippen molar-refractivity contribution in [3.8, 4) is 0 Å². The Bertz CT molecular complexity index is 626. The first-order valence-corrected chi connectivity index (χ1v) is 6.12. The number of carboxylic acid groups (broad SMARTS) is 1. The Kier molecular flexibility index (Phi) is 3.76. The molecule has 0 aliphatic carbocycles. The first-order valence-electron chi connectivity index (χ1n) is 5.24. The van der Waals surface area contributed by atoms with Gasteiger partial charge >= 0.3 is 11.6 Å². The lowest BCUT2D eigenvalue weighted by molar-refractivity contribution is -0.139. The summed E-state index contributed by atoms with van der Waals surface area (Å²) in [7, 11) is 0. The lowest BCUT2D eigenvalue weighted by atomic mass is 10.2. The van der Waals surface area contributed by atoms with Crippen LogP contribution in [0.4, 0.5) is 0 Å². The quantitative estimate of drug-likeness (QED) is 0.878. The molecular formula is C12H9NO5S. The summed E-state index contributed by atoms with van der Waals surface area (Å²) >= 11 is 1.23. The van der Waals surface area contributed by atoms with E-state index >= 15 is 0 Å². The Labute approximate surface area is 111 Å². The molecule has 1 unspecified atom stereocenters. The molecule has 98 valence electrons. The maximum absolute atomic E-state index is 11.8. The maximum Gasteiger partial charge on any atom is 0.335 e. The SMILES string of the molecule is O=C(NC(C(=O)O)c1cccs1)c1ccc(=O)oc1. The van der Waals surface area contributed by atoms with E-state index < -0.39 is 23.5 Å². The highest BCUT2D eigenvalue weighted by atomic mass is 32.1. The number of thiophene rings is 1. The van der Waals surface area contributed by atoms with Crippen LogP contribution in [0.25, 0.3) is 0 Å². The molecule has 2 aromatic heterocycles. The number of rotatable bonds is 4. The topological polar surface area (TPSA) is 96.6 Å². The Balaban J connectivity index is 2.18. The highest BCUT2D eigenvalue weighted by Crippen LogP contribution is 2.19. The van der Waals surface area contributed by atoms with E-state index in [4.69, 9.17) is 5.11 Å². The lowest BCUT2D eigenvalue weighted by Gasteiger charge is -2.12. The first kappa shape index (κ1) is 13.0. The molecule has 0 saturated heterocycles. The number of amides is 1. The minimum absolute atomic E-state index is 0.0856. The van der Waals surface area contributed by atoms with Gasteiger partial charge in [0.1, 0.15) is 6.26 Å². The molecule has 0 spiro atoms. The van der Waals surface area contributed by atoms with E-state index in [1.54, 1.807) is 17.5 Å². The standard InChI is InChI=1S/C12H9NO5S/c14-9-4-3-7(6-18-9)11(15)13-10(12(16)17)8-2-1-5-19-8/h1-6,10H,(H,13,15)(H,16,17). The predicted octanol–water partition coefficient (Wildman–Crippen LogP) is 1.26. The molecule has 2 heterocycles. The number of carbonyl (C=O) groups excluding carboxylic acids is 1. The van der Waals surface area contributed by atoms with Gasteiger partial charge in [-0.2, -0.15) is 0 Å². The van der Waals surface area contributed by atoms with Crippen molar-refractivity contribution in [1.29, 1.82) is 0 Å². The molecule has 2 rings (SSSR count). The van der Waals surface area contributed by atoms with Crippen molar-refractivity contribution in [1.82, 2.24) is 5.32 Å². The molecular weight excluding hydrogens is 270 g/mol. The van der Waals surface area contributed by atoms with Gasteiger partial charge in [-0.3, -0.25) is 4.79 Å². The highest BCUT2D eigenvalue weighted by molar-refractivity contribution is 7.10. The van der Waals surface area contributed by atoms with E-state index in [1.807, 2.05) is 0 Å².